The van der Waals surface area contributed by atoms with Gasteiger partial charge < -0.3 is 4.74 Å². The van der Waals surface area contributed by atoms with Crippen molar-refractivity contribution in [2.45, 2.75) is 0 Å². The van der Waals surface area contributed by atoms with E-state index in [9.17, 15) is 0 Å². The molecule has 68 valence electrons. The zero-order chi connectivity index (χ0) is 9.42. The van der Waals surface area contributed by atoms with Crippen LogP contribution in [0.4, 0.5) is 0 Å². The lowest BCUT2D eigenvalue weighted by atomic mass is 10.2. The molecule has 0 atom stereocenters. The summed E-state index contributed by atoms with van der Waals surface area (Å²) in [6.07, 6.45) is 0. The fourth-order valence-electron chi connectivity index (χ4n) is 1.18. The first-order chi connectivity index (χ1) is 6.22. The topological polar surface area (TPSA) is 9.23 Å². The van der Waals surface area contributed by atoms with Crippen molar-refractivity contribution in [3.05, 3.63) is 26.5 Å². The number of hydrogen-bond donors (Lipinski definition) is 0. The van der Waals surface area contributed by atoms with E-state index in [0.29, 0.717) is 0 Å². The predicted molar refractivity (Wildman–Crippen MR) is 63.8 cm³/mol. The van der Waals surface area contributed by atoms with Gasteiger partial charge in [0.05, 0.1) is 20.1 Å². The summed E-state index contributed by atoms with van der Waals surface area (Å²) < 4.78 is 8.59. The largest absolute Gasteiger partial charge is 0.496 e. The minimum atomic E-state index is 0.877. The number of fused-ring (bicyclic) bond motifs is 1. The first kappa shape index (κ1) is 9.49. The van der Waals surface area contributed by atoms with Crippen LogP contribution in [-0.2, 0) is 0 Å². The summed E-state index contributed by atoms with van der Waals surface area (Å²) in [7, 11) is 1.68. The summed E-state index contributed by atoms with van der Waals surface area (Å²) >= 11 is 8.68. The van der Waals surface area contributed by atoms with E-state index in [1.54, 1.807) is 18.4 Å². The van der Waals surface area contributed by atoms with Crippen LogP contribution >= 0.6 is 43.2 Å². The third-order valence-corrected chi connectivity index (χ3v) is 4.50. The summed E-state index contributed by atoms with van der Waals surface area (Å²) in [6, 6.07) is 6.12. The molecule has 2 rings (SSSR count). The number of rotatable bonds is 1. The van der Waals surface area contributed by atoms with Crippen LogP contribution in [0.2, 0.25) is 0 Å². The fraction of sp³-hybridized carbons (Fsp3) is 0.111. The van der Waals surface area contributed by atoms with Gasteiger partial charge in [-0.05, 0) is 55.4 Å². The monoisotopic (exact) mass is 320 g/mol. The number of thiophene rings is 1. The molecule has 2 aromatic rings. The van der Waals surface area contributed by atoms with Crippen molar-refractivity contribution in [3.8, 4) is 5.75 Å². The van der Waals surface area contributed by atoms with Crippen molar-refractivity contribution >= 4 is 53.3 Å². The molecule has 0 spiro atoms. The maximum atomic E-state index is 5.21. The van der Waals surface area contributed by atoms with Crippen molar-refractivity contribution in [2.75, 3.05) is 7.11 Å². The van der Waals surface area contributed by atoms with Crippen LogP contribution in [0.1, 0.15) is 0 Å². The molecular weight excluding hydrogens is 316 g/mol. The quantitative estimate of drug-likeness (QED) is 0.754. The molecule has 0 amide bonds. The summed E-state index contributed by atoms with van der Waals surface area (Å²) in [5.74, 6) is 0.877. The molecule has 1 nitrogen and oxygen atoms in total. The van der Waals surface area contributed by atoms with E-state index >= 15 is 0 Å². The number of benzene rings is 1. The Labute approximate surface area is 97.0 Å². The smallest absolute Gasteiger partial charge is 0.134 e. The molecule has 0 fully saturated rings. The number of methoxy groups -OCH3 is 1. The average Bonchev–Trinajstić information content (AvgIpc) is 2.47. The highest BCUT2D eigenvalue weighted by Gasteiger charge is 2.07. The fourth-order valence-corrected chi connectivity index (χ4v) is 3.49. The molecule has 1 aromatic carbocycles. The molecule has 0 aliphatic heterocycles. The van der Waals surface area contributed by atoms with Gasteiger partial charge in [0.25, 0.3) is 0 Å². The SMILES string of the molecule is COc1ccc2cc(Br)sc2c1Br. The highest BCUT2D eigenvalue weighted by atomic mass is 79.9. The van der Waals surface area contributed by atoms with Crippen LogP contribution in [-0.4, -0.2) is 7.11 Å². The standard InChI is InChI=1S/C9H6Br2OS/c1-12-6-3-2-5-4-7(10)13-9(5)8(6)11/h2-4H,1H3. The van der Waals surface area contributed by atoms with Gasteiger partial charge >= 0.3 is 0 Å². The molecule has 0 unspecified atom stereocenters. The van der Waals surface area contributed by atoms with E-state index in [2.05, 4.69) is 44.0 Å². The van der Waals surface area contributed by atoms with Crippen LogP contribution in [0.15, 0.2) is 26.5 Å². The number of ether oxygens (including phenoxy) is 1. The van der Waals surface area contributed by atoms with Gasteiger partial charge in [0, 0.05) is 0 Å². The van der Waals surface area contributed by atoms with Gasteiger partial charge in [0.15, 0.2) is 0 Å². The van der Waals surface area contributed by atoms with Crippen molar-refractivity contribution in [3.63, 3.8) is 0 Å². The normalized spacial score (nSPS) is 10.7. The molecule has 13 heavy (non-hydrogen) atoms. The van der Waals surface area contributed by atoms with Crippen LogP contribution in [0.25, 0.3) is 10.1 Å². The van der Waals surface area contributed by atoms with Crippen molar-refractivity contribution in [1.29, 1.82) is 0 Å². The average molecular weight is 322 g/mol. The third-order valence-electron chi connectivity index (χ3n) is 1.78. The van der Waals surface area contributed by atoms with Crippen molar-refractivity contribution < 1.29 is 4.74 Å². The summed E-state index contributed by atoms with van der Waals surface area (Å²) in [6.45, 7) is 0. The van der Waals surface area contributed by atoms with E-state index in [1.165, 1.54) is 10.1 Å². The van der Waals surface area contributed by atoms with Gasteiger partial charge in [0.2, 0.25) is 0 Å². The second-order valence-corrected chi connectivity index (χ2v) is 5.78. The second-order valence-electron chi connectivity index (χ2n) is 2.55. The molecular formula is C9H6Br2OS. The van der Waals surface area contributed by atoms with Crippen LogP contribution in [0.5, 0.6) is 5.75 Å². The first-order valence-corrected chi connectivity index (χ1v) is 6.04. The Balaban J connectivity index is 2.78. The third kappa shape index (κ3) is 1.63. The van der Waals surface area contributed by atoms with Gasteiger partial charge in [-0.25, -0.2) is 0 Å². The van der Waals surface area contributed by atoms with Crippen LogP contribution < -0.4 is 4.74 Å². The van der Waals surface area contributed by atoms with Gasteiger partial charge in [-0.15, -0.1) is 11.3 Å². The molecule has 0 bridgehead atoms. The number of hydrogen-bond acceptors (Lipinski definition) is 2. The maximum Gasteiger partial charge on any atom is 0.134 e. The van der Waals surface area contributed by atoms with Gasteiger partial charge in [0.1, 0.15) is 5.75 Å². The molecule has 0 radical (unpaired) electrons. The Hall–Kier alpha value is -0.0600. The van der Waals surface area contributed by atoms with Crippen molar-refractivity contribution in [2.24, 2.45) is 0 Å². The van der Waals surface area contributed by atoms with E-state index in [4.69, 9.17) is 4.74 Å². The van der Waals surface area contributed by atoms with Gasteiger partial charge in [-0.2, -0.15) is 0 Å². The van der Waals surface area contributed by atoms with Gasteiger partial charge in [-0.1, -0.05) is 0 Å². The van der Waals surface area contributed by atoms with E-state index in [0.717, 1.165) is 14.0 Å². The highest BCUT2D eigenvalue weighted by molar-refractivity contribution is 9.11. The Bertz CT molecular complexity index is 450. The van der Waals surface area contributed by atoms with Crippen LogP contribution in [0, 0.1) is 0 Å². The molecule has 0 aliphatic carbocycles. The van der Waals surface area contributed by atoms with Gasteiger partial charge in [-0.3, -0.25) is 0 Å². The molecule has 0 N–H and O–H groups in total. The number of halogens is 2. The lowest BCUT2D eigenvalue weighted by Gasteiger charge is -2.02. The lowest BCUT2D eigenvalue weighted by molar-refractivity contribution is 0.413. The molecule has 1 heterocycles. The summed E-state index contributed by atoms with van der Waals surface area (Å²) in [4.78, 5) is 0. The van der Waals surface area contributed by atoms with E-state index in [-0.39, 0.29) is 0 Å². The molecule has 4 heteroatoms. The molecule has 0 saturated heterocycles. The van der Waals surface area contributed by atoms with E-state index in [1.807, 2.05) is 6.07 Å². The zero-order valence-corrected chi connectivity index (χ0v) is 10.8. The minimum absolute atomic E-state index is 0.877. The molecule has 1 aromatic heterocycles. The van der Waals surface area contributed by atoms with Crippen LogP contribution in [0.3, 0.4) is 0 Å². The minimum Gasteiger partial charge on any atom is -0.496 e. The lowest BCUT2D eigenvalue weighted by Crippen LogP contribution is -1.82. The Morgan fingerprint density at radius 2 is 2.08 bits per heavy atom. The molecule has 0 saturated carbocycles. The van der Waals surface area contributed by atoms with E-state index < -0.39 is 0 Å². The second kappa shape index (κ2) is 3.59. The maximum absolute atomic E-state index is 5.21. The summed E-state index contributed by atoms with van der Waals surface area (Å²) in [5, 5.41) is 1.23. The van der Waals surface area contributed by atoms with Crippen molar-refractivity contribution in [1.82, 2.24) is 0 Å². The Kier molecular flexibility index (Phi) is 2.62. The molecule has 0 aliphatic rings. The summed E-state index contributed by atoms with van der Waals surface area (Å²) in [5.41, 5.74) is 0. The Morgan fingerprint density at radius 3 is 2.77 bits per heavy atom. The zero-order valence-electron chi connectivity index (χ0n) is 6.80. The predicted octanol–water partition coefficient (Wildman–Crippen LogP) is 4.43. The highest BCUT2D eigenvalue weighted by Crippen LogP contribution is 2.39. The Morgan fingerprint density at radius 1 is 1.31 bits per heavy atom. The first-order valence-electron chi connectivity index (χ1n) is 3.64.